The molecule has 0 unspecified atom stereocenters. The summed E-state index contributed by atoms with van der Waals surface area (Å²) in [5.74, 6) is 0.731. The minimum absolute atomic E-state index is 0.0997. The number of benzene rings is 1. The van der Waals surface area contributed by atoms with Gasteiger partial charge in [0.15, 0.2) is 0 Å². The molecule has 2 heterocycles. The predicted molar refractivity (Wildman–Crippen MR) is 104 cm³/mol. The second-order valence-electron chi connectivity index (χ2n) is 7.01. The summed E-state index contributed by atoms with van der Waals surface area (Å²) in [6, 6.07) is 12.4. The number of nitrogens with one attached hydrogen (secondary N) is 2. The normalized spacial score (nSPS) is 19.0. The van der Waals surface area contributed by atoms with Crippen LogP contribution in [0.2, 0.25) is 0 Å². The van der Waals surface area contributed by atoms with Crippen LogP contribution in [0.1, 0.15) is 41.6 Å². The molecular formula is C20H22BrN3O2. The fraction of sp³-hybridized carbons (Fsp3) is 0.400. The van der Waals surface area contributed by atoms with E-state index in [9.17, 15) is 4.79 Å². The summed E-state index contributed by atoms with van der Waals surface area (Å²) in [6.07, 6.45) is 5.55. The van der Waals surface area contributed by atoms with Crippen LogP contribution in [-0.4, -0.2) is 30.1 Å². The first-order valence-electron chi connectivity index (χ1n) is 9.04. The Balaban J connectivity index is 1.54. The van der Waals surface area contributed by atoms with Crippen LogP contribution in [0.25, 0.3) is 0 Å². The number of carbonyl (C=O) groups excluding carboxylic acids is 1. The average Bonchev–Trinajstić information content (AvgIpc) is 3.47. The summed E-state index contributed by atoms with van der Waals surface area (Å²) in [5.41, 5.74) is 1.26. The summed E-state index contributed by atoms with van der Waals surface area (Å²) in [4.78, 5) is 17.3. The molecule has 4 rings (SSSR count). The molecule has 26 heavy (non-hydrogen) atoms. The third-order valence-corrected chi connectivity index (χ3v) is 5.52. The summed E-state index contributed by atoms with van der Waals surface area (Å²) in [7, 11) is 0. The van der Waals surface area contributed by atoms with Crippen molar-refractivity contribution < 1.29 is 9.53 Å². The second-order valence-corrected chi connectivity index (χ2v) is 7.93. The number of pyridine rings is 1. The van der Waals surface area contributed by atoms with Gasteiger partial charge in [0.1, 0.15) is 5.82 Å². The topological polar surface area (TPSA) is 63.2 Å². The van der Waals surface area contributed by atoms with Crippen LogP contribution in [0, 0.1) is 0 Å². The van der Waals surface area contributed by atoms with Crippen LogP contribution < -0.4 is 10.6 Å². The molecule has 0 radical (unpaired) electrons. The van der Waals surface area contributed by atoms with E-state index in [1.165, 1.54) is 12.8 Å². The van der Waals surface area contributed by atoms with Crippen molar-refractivity contribution in [3.63, 3.8) is 0 Å². The van der Waals surface area contributed by atoms with Crippen LogP contribution in [0.15, 0.2) is 47.1 Å². The molecule has 2 aromatic rings. The molecule has 2 aliphatic rings. The Labute approximate surface area is 161 Å². The van der Waals surface area contributed by atoms with E-state index < -0.39 is 5.54 Å². The Bertz CT molecular complexity index is 784. The van der Waals surface area contributed by atoms with Crippen molar-refractivity contribution in [2.75, 3.05) is 18.5 Å². The second kappa shape index (κ2) is 7.37. The lowest BCUT2D eigenvalue weighted by molar-refractivity contribution is 0.0345. The molecular weight excluding hydrogens is 394 g/mol. The predicted octanol–water partition coefficient (Wildman–Crippen LogP) is 3.85. The Morgan fingerprint density at radius 3 is 2.65 bits per heavy atom. The van der Waals surface area contributed by atoms with Gasteiger partial charge < -0.3 is 15.4 Å². The minimum Gasteiger partial charge on any atom is -0.381 e. The Hall–Kier alpha value is -1.92. The highest BCUT2D eigenvalue weighted by atomic mass is 79.9. The van der Waals surface area contributed by atoms with Crippen LogP contribution >= 0.6 is 15.9 Å². The van der Waals surface area contributed by atoms with E-state index in [-0.39, 0.29) is 5.91 Å². The number of ether oxygens (including phenoxy) is 1. The van der Waals surface area contributed by atoms with Gasteiger partial charge in [-0.05, 0) is 55.5 Å². The lowest BCUT2D eigenvalue weighted by Gasteiger charge is -2.38. The van der Waals surface area contributed by atoms with Crippen molar-refractivity contribution >= 4 is 27.7 Å². The highest BCUT2D eigenvalue weighted by Crippen LogP contribution is 2.34. The van der Waals surface area contributed by atoms with Crippen molar-refractivity contribution in [1.82, 2.24) is 10.3 Å². The summed E-state index contributed by atoms with van der Waals surface area (Å²) in [5, 5.41) is 6.60. The number of nitrogens with zero attached hydrogens (tertiary/aromatic N) is 1. The molecule has 1 saturated heterocycles. The molecule has 2 N–H and O–H groups in total. The number of hydrogen-bond acceptors (Lipinski definition) is 4. The molecule has 6 heteroatoms. The van der Waals surface area contributed by atoms with Gasteiger partial charge >= 0.3 is 0 Å². The summed E-state index contributed by atoms with van der Waals surface area (Å²) in [6.45, 7) is 1.27. The van der Waals surface area contributed by atoms with E-state index in [1.54, 1.807) is 6.20 Å². The number of carbonyl (C=O) groups is 1. The summed E-state index contributed by atoms with van der Waals surface area (Å²) >= 11 is 3.54. The standard InChI is InChI=1S/C20H22BrN3O2/c21-16-3-1-2-15(12-16)20(8-10-26-11-9-20)24-19(25)14-4-7-18(22-13-14)23-17-5-6-17/h1-4,7,12-13,17H,5-6,8-11H2,(H,22,23)(H,24,25). The maximum atomic E-state index is 12.9. The smallest absolute Gasteiger partial charge is 0.253 e. The van der Waals surface area contributed by atoms with E-state index >= 15 is 0 Å². The molecule has 2 fully saturated rings. The monoisotopic (exact) mass is 415 g/mol. The van der Waals surface area contributed by atoms with Gasteiger partial charge in [-0.2, -0.15) is 0 Å². The van der Waals surface area contributed by atoms with Crippen molar-refractivity contribution in [2.45, 2.75) is 37.3 Å². The molecule has 1 aromatic carbocycles. The first-order valence-corrected chi connectivity index (χ1v) is 9.83. The van der Waals surface area contributed by atoms with Gasteiger partial charge in [0.05, 0.1) is 11.1 Å². The highest BCUT2D eigenvalue weighted by Gasteiger charge is 2.36. The quantitative estimate of drug-likeness (QED) is 0.777. The van der Waals surface area contributed by atoms with Gasteiger partial charge in [-0.3, -0.25) is 4.79 Å². The molecule has 0 atom stereocenters. The number of rotatable bonds is 5. The van der Waals surface area contributed by atoms with Crippen molar-refractivity contribution in [3.8, 4) is 0 Å². The average molecular weight is 416 g/mol. The Kier molecular flexibility index (Phi) is 4.96. The molecule has 5 nitrogen and oxygen atoms in total. The van der Waals surface area contributed by atoms with Gasteiger partial charge in [0, 0.05) is 29.9 Å². The highest BCUT2D eigenvalue weighted by molar-refractivity contribution is 9.10. The van der Waals surface area contributed by atoms with Crippen LogP contribution in [-0.2, 0) is 10.3 Å². The number of halogens is 1. The molecule has 136 valence electrons. The van der Waals surface area contributed by atoms with E-state index in [2.05, 4.69) is 43.7 Å². The third-order valence-electron chi connectivity index (χ3n) is 5.03. The zero-order valence-electron chi connectivity index (χ0n) is 14.5. The lowest BCUT2D eigenvalue weighted by Crippen LogP contribution is -2.49. The zero-order valence-corrected chi connectivity index (χ0v) is 16.1. The molecule has 1 amide bonds. The molecule has 0 spiro atoms. The maximum absolute atomic E-state index is 12.9. The largest absolute Gasteiger partial charge is 0.381 e. The van der Waals surface area contributed by atoms with E-state index in [1.807, 2.05) is 24.3 Å². The number of anilines is 1. The van der Waals surface area contributed by atoms with Crippen molar-refractivity contribution in [1.29, 1.82) is 0 Å². The lowest BCUT2D eigenvalue weighted by atomic mass is 9.82. The van der Waals surface area contributed by atoms with Gasteiger partial charge in [-0.15, -0.1) is 0 Å². The fourth-order valence-corrected chi connectivity index (χ4v) is 3.73. The van der Waals surface area contributed by atoms with Gasteiger partial charge in [0.25, 0.3) is 5.91 Å². The minimum atomic E-state index is -0.413. The molecule has 1 aliphatic heterocycles. The number of hydrogen-bond donors (Lipinski definition) is 2. The van der Waals surface area contributed by atoms with Crippen molar-refractivity contribution in [3.05, 3.63) is 58.2 Å². The first-order chi connectivity index (χ1) is 12.6. The zero-order chi connectivity index (χ0) is 18.0. The molecule has 1 aliphatic carbocycles. The van der Waals surface area contributed by atoms with Crippen LogP contribution in [0.3, 0.4) is 0 Å². The van der Waals surface area contributed by atoms with Crippen LogP contribution in [0.4, 0.5) is 5.82 Å². The Morgan fingerprint density at radius 1 is 1.19 bits per heavy atom. The fourth-order valence-electron chi connectivity index (χ4n) is 3.33. The van der Waals surface area contributed by atoms with E-state index in [0.29, 0.717) is 24.8 Å². The SMILES string of the molecule is O=C(NC1(c2cccc(Br)c2)CCOCC1)c1ccc(NC2CC2)nc1. The Morgan fingerprint density at radius 2 is 2.00 bits per heavy atom. The third kappa shape index (κ3) is 3.91. The molecule has 0 bridgehead atoms. The molecule has 1 saturated carbocycles. The maximum Gasteiger partial charge on any atom is 0.253 e. The first kappa shape index (κ1) is 17.5. The van der Waals surface area contributed by atoms with Gasteiger partial charge in [-0.1, -0.05) is 28.1 Å². The van der Waals surface area contributed by atoms with E-state index in [4.69, 9.17) is 4.74 Å². The van der Waals surface area contributed by atoms with E-state index in [0.717, 1.165) is 28.7 Å². The number of amides is 1. The van der Waals surface area contributed by atoms with Crippen LogP contribution in [0.5, 0.6) is 0 Å². The molecule has 1 aromatic heterocycles. The van der Waals surface area contributed by atoms with Gasteiger partial charge in [0.2, 0.25) is 0 Å². The van der Waals surface area contributed by atoms with Crippen molar-refractivity contribution in [2.24, 2.45) is 0 Å². The summed E-state index contributed by atoms with van der Waals surface area (Å²) < 4.78 is 6.55. The number of aromatic nitrogens is 1. The van der Waals surface area contributed by atoms with Gasteiger partial charge in [-0.25, -0.2) is 4.98 Å².